The fourth-order valence-corrected chi connectivity index (χ4v) is 3.04. The summed E-state index contributed by atoms with van der Waals surface area (Å²) in [5.41, 5.74) is 5.36. The highest BCUT2D eigenvalue weighted by atomic mass is 14.4. The first-order chi connectivity index (χ1) is 12.8. The third-order valence-corrected chi connectivity index (χ3v) is 4.33. The summed E-state index contributed by atoms with van der Waals surface area (Å²) >= 11 is 0. The molecular formula is C23H15N3. The highest BCUT2D eigenvalue weighted by molar-refractivity contribution is 6.06. The van der Waals surface area contributed by atoms with Gasteiger partial charge in [-0.3, -0.25) is 0 Å². The third kappa shape index (κ3) is 2.93. The minimum atomic E-state index is 0.500. The van der Waals surface area contributed by atoms with Crippen LogP contribution in [0.3, 0.4) is 0 Å². The lowest BCUT2D eigenvalue weighted by atomic mass is 10.0. The summed E-state index contributed by atoms with van der Waals surface area (Å²) in [6.07, 6.45) is 0.555. The van der Waals surface area contributed by atoms with Crippen LogP contribution in [0.1, 0.15) is 24.5 Å². The number of benzene rings is 2. The van der Waals surface area contributed by atoms with Gasteiger partial charge < -0.3 is 0 Å². The molecule has 3 heteroatoms. The topological polar surface area (TPSA) is 71.4 Å². The molecule has 3 nitrogen and oxygen atoms in total. The van der Waals surface area contributed by atoms with Crippen molar-refractivity contribution in [2.45, 2.75) is 13.3 Å². The Bertz CT molecular complexity index is 989. The van der Waals surface area contributed by atoms with E-state index in [4.69, 9.17) is 0 Å². The molecule has 0 atom stereocenters. The van der Waals surface area contributed by atoms with Crippen molar-refractivity contribution in [3.05, 3.63) is 94.1 Å². The molecule has 122 valence electrons. The van der Waals surface area contributed by atoms with Gasteiger partial charge >= 0.3 is 0 Å². The van der Waals surface area contributed by atoms with Gasteiger partial charge in [0, 0.05) is 22.3 Å². The average molecular weight is 333 g/mol. The van der Waals surface area contributed by atoms with Gasteiger partial charge in [-0.05, 0) is 17.5 Å². The van der Waals surface area contributed by atoms with E-state index < -0.39 is 0 Å². The van der Waals surface area contributed by atoms with E-state index in [9.17, 15) is 15.8 Å². The molecule has 0 amide bonds. The van der Waals surface area contributed by atoms with Gasteiger partial charge in [0.25, 0.3) is 0 Å². The minimum Gasteiger partial charge on any atom is -0.193 e. The van der Waals surface area contributed by atoms with Crippen molar-refractivity contribution in [3.63, 3.8) is 0 Å². The van der Waals surface area contributed by atoms with Crippen LogP contribution in [0, 0.1) is 34.0 Å². The van der Waals surface area contributed by atoms with Crippen molar-refractivity contribution in [2.24, 2.45) is 0 Å². The van der Waals surface area contributed by atoms with Gasteiger partial charge in [0.15, 0.2) is 0 Å². The molecule has 1 fully saturated rings. The monoisotopic (exact) mass is 333 g/mol. The van der Waals surface area contributed by atoms with Crippen LogP contribution >= 0.6 is 0 Å². The van der Waals surface area contributed by atoms with Crippen LogP contribution in [0.5, 0.6) is 0 Å². The lowest BCUT2D eigenvalue weighted by Gasteiger charge is -1.97. The molecule has 1 aliphatic carbocycles. The Hall–Kier alpha value is -3.87. The predicted molar refractivity (Wildman–Crippen MR) is 101 cm³/mol. The molecule has 0 spiro atoms. The van der Waals surface area contributed by atoms with Crippen molar-refractivity contribution in [1.29, 1.82) is 15.8 Å². The molecule has 2 aromatic rings. The van der Waals surface area contributed by atoms with E-state index in [2.05, 4.69) is 18.2 Å². The number of hydrogen-bond donors (Lipinski definition) is 0. The van der Waals surface area contributed by atoms with Crippen molar-refractivity contribution in [2.75, 3.05) is 0 Å². The maximum absolute atomic E-state index is 9.76. The molecule has 1 saturated carbocycles. The Morgan fingerprint density at radius 2 is 1.08 bits per heavy atom. The summed E-state index contributed by atoms with van der Waals surface area (Å²) in [6.45, 7) is 1.91. The fourth-order valence-electron chi connectivity index (χ4n) is 3.04. The normalized spacial score (nSPS) is 16.0. The molecule has 3 rings (SSSR count). The first-order valence-electron chi connectivity index (χ1n) is 8.30. The SMILES string of the molecule is CCC(C#N)=C1C(=C(C#N)c2ccccc2)C1=C(C#N)c1ccccc1. The van der Waals surface area contributed by atoms with Crippen LogP contribution in [0.4, 0.5) is 0 Å². The van der Waals surface area contributed by atoms with Crippen LogP contribution in [0.25, 0.3) is 11.1 Å². The predicted octanol–water partition coefficient (Wildman–Crippen LogP) is 5.18. The maximum Gasteiger partial charge on any atom is 0.100 e. The first kappa shape index (κ1) is 17.0. The van der Waals surface area contributed by atoms with Crippen LogP contribution < -0.4 is 0 Å². The minimum absolute atomic E-state index is 0.500. The number of allylic oxidation sites excluding steroid dienone is 6. The van der Waals surface area contributed by atoms with E-state index >= 15 is 0 Å². The van der Waals surface area contributed by atoms with Crippen LogP contribution in [-0.2, 0) is 0 Å². The van der Waals surface area contributed by atoms with E-state index in [0.717, 1.165) is 27.8 Å². The Balaban J connectivity index is 2.35. The molecular weight excluding hydrogens is 318 g/mol. The van der Waals surface area contributed by atoms with Crippen molar-refractivity contribution in [3.8, 4) is 18.2 Å². The average Bonchev–Trinajstić information content (AvgIpc) is 3.40. The quantitative estimate of drug-likeness (QED) is 0.726. The van der Waals surface area contributed by atoms with Gasteiger partial charge in [-0.25, -0.2) is 0 Å². The summed E-state index contributed by atoms with van der Waals surface area (Å²) in [5.74, 6) is 0. The smallest absolute Gasteiger partial charge is 0.100 e. The van der Waals surface area contributed by atoms with Gasteiger partial charge in [0.1, 0.15) is 12.1 Å². The lowest BCUT2D eigenvalue weighted by molar-refractivity contribution is 1.15. The second-order valence-electron chi connectivity index (χ2n) is 5.77. The van der Waals surface area contributed by atoms with Crippen LogP contribution in [-0.4, -0.2) is 0 Å². The summed E-state index contributed by atoms with van der Waals surface area (Å²) in [5, 5.41) is 29.0. The molecule has 0 bridgehead atoms. The second kappa shape index (κ2) is 7.35. The van der Waals surface area contributed by atoms with E-state index in [0.29, 0.717) is 23.1 Å². The highest BCUT2D eigenvalue weighted by Crippen LogP contribution is 2.54. The first-order valence-corrected chi connectivity index (χ1v) is 8.30. The van der Waals surface area contributed by atoms with Gasteiger partial charge in [-0.1, -0.05) is 67.6 Å². The molecule has 0 aromatic heterocycles. The molecule has 0 radical (unpaired) electrons. The number of rotatable bonds is 3. The zero-order valence-electron chi connectivity index (χ0n) is 14.3. The maximum atomic E-state index is 9.76. The number of nitrogens with zero attached hydrogens (tertiary/aromatic N) is 3. The second-order valence-corrected chi connectivity index (χ2v) is 5.77. The molecule has 26 heavy (non-hydrogen) atoms. The molecule has 0 saturated heterocycles. The Morgan fingerprint density at radius 3 is 1.38 bits per heavy atom. The fraction of sp³-hybridized carbons (Fsp3) is 0.0870. The molecule has 0 heterocycles. The van der Waals surface area contributed by atoms with Crippen LogP contribution in [0.15, 0.2) is 83.0 Å². The summed E-state index contributed by atoms with van der Waals surface area (Å²) in [7, 11) is 0. The zero-order valence-corrected chi connectivity index (χ0v) is 14.3. The van der Waals surface area contributed by atoms with E-state index in [1.165, 1.54) is 0 Å². The standard InChI is InChI=1S/C23H15N3/c1-2-16(13-24)21-22(19(14-25)17-9-5-3-6-10-17)23(21)20(15-26)18-11-7-4-8-12-18/h3-12H,2H2,1H3. The molecule has 2 aromatic carbocycles. The van der Waals surface area contributed by atoms with Gasteiger partial charge in [0.05, 0.1) is 17.2 Å². The van der Waals surface area contributed by atoms with Crippen molar-refractivity contribution < 1.29 is 0 Å². The van der Waals surface area contributed by atoms with Crippen molar-refractivity contribution in [1.82, 2.24) is 0 Å². The molecule has 1 aliphatic rings. The van der Waals surface area contributed by atoms with E-state index in [1.54, 1.807) is 0 Å². The Morgan fingerprint density at radius 1 is 0.654 bits per heavy atom. The molecule has 0 unspecified atom stereocenters. The van der Waals surface area contributed by atoms with Crippen LogP contribution in [0.2, 0.25) is 0 Å². The third-order valence-electron chi connectivity index (χ3n) is 4.33. The van der Waals surface area contributed by atoms with E-state index in [-0.39, 0.29) is 0 Å². The summed E-state index contributed by atoms with van der Waals surface area (Å²) < 4.78 is 0. The molecule has 0 aliphatic heterocycles. The molecule has 0 N–H and O–H groups in total. The van der Waals surface area contributed by atoms with Gasteiger partial charge in [0.2, 0.25) is 0 Å². The highest BCUT2D eigenvalue weighted by Gasteiger charge is 2.40. The number of hydrogen-bond acceptors (Lipinski definition) is 3. The Labute approximate surface area is 153 Å². The lowest BCUT2D eigenvalue weighted by Crippen LogP contribution is -1.82. The largest absolute Gasteiger partial charge is 0.193 e. The summed E-state index contributed by atoms with van der Waals surface area (Å²) in [6, 6.07) is 25.5. The number of nitriles is 3. The zero-order chi connectivity index (χ0) is 18.5. The van der Waals surface area contributed by atoms with Gasteiger partial charge in [-0.2, -0.15) is 15.8 Å². The Kier molecular flexibility index (Phi) is 4.80. The van der Waals surface area contributed by atoms with E-state index in [1.807, 2.05) is 67.6 Å². The summed E-state index contributed by atoms with van der Waals surface area (Å²) in [4.78, 5) is 0. The van der Waals surface area contributed by atoms with Gasteiger partial charge in [-0.15, -0.1) is 0 Å². The van der Waals surface area contributed by atoms with Crippen molar-refractivity contribution >= 4 is 11.1 Å².